The van der Waals surface area contributed by atoms with Gasteiger partial charge in [-0.2, -0.15) is 0 Å². The average Bonchev–Trinajstić information content (AvgIpc) is 2.88. The van der Waals surface area contributed by atoms with E-state index >= 15 is 0 Å². The fourth-order valence-electron chi connectivity index (χ4n) is 4.61. The Morgan fingerprint density at radius 2 is 1.59 bits per heavy atom. The van der Waals surface area contributed by atoms with E-state index in [-0.39, 0.29) is 24.4 Å². The molecular weight excluding hydrogens is 486 g/mol. The molecule has 1 saturated carbocycles. The van der Waals surface area contributed by atoms with Gasteiger partial charge in [-0.3, -0.25) is 13.9 Å². The van der Waals surface area contributed by atoms with Crippen LogP contribution in [0.3, 0.4) is 0 Å². The summed E-state index contributed by atoms with van der Waals surface area (Å²) in [6.07, 6.45) is 6.58. The van der Waals surface area contributed by atoms with Gasteiger partial charge in [0, 0.05) is 11.6 Å². The van der Waals surface area contributed by atoms with Crippen molar-refractivity contribution >= 4 is 33.2 Å². The van der Waals surface area contributed by atoms with Crippen LogP contribution in [0.5, 0.6) is 0 Å². The van der Waals surface area contributed by atoms with E-state index in [0.29, 0.717) is 22.5 Å². The number of aryl methyl sites for hydroxylation is 1. The highest BCUT2D eigenvalue weighted by atomic mass is 32.2. The minimum absolute atomic E-state index is 0.147. The molecule has 194 valence electrons. The van der Waals surface area contributed by atoms with Crippen LogP contribution in [0.4, 0.5) is 11.4 Å². The van der Waals surface area contributed by atoms with Crippen molar-refractivity contribution in [1.29, 1.82) is 0 Å². The summed E-state index contributed by atoms with van der Waals surface area (Å²) in [5.41, 5.74) is 3.59. The smallest absolute Gasteiger partial charge is 0.255 e. The van der Waals surface area contributed by atoms with Crippen molar-refractivity contribution in [2.75, 3.05) is 15.9 Å². The van der Waals surface area contributed by atoms with Crippen molar-refractivity contribution in [3.63, 3.8) is 0 Å². The molecule has 4 rings (SSSR count). The largest absolute Gasteiger partial charge is 0.349 e. The molecule has 1 aliphatic rings. The zero-order valence-electron chi connectivity index (χ0n) is 21.2. The van der Waals surface area contributed by atoms with Gasteiger partial charge in [0.2, 0.25) is 10.0 Å². The Morgan fingerprint density at radius 1 is 0.892 bits per heavy atom. The van der Waals surface area contributed by atoms with E-state index in [1.54, 1.807) is 54.6 Å². The highest BCUT2D eigenvalue weighted by Crippen LogP contribution is 2.23. The highest BCUT2D eigenvalue weighted by Gasteiger charge is 2.20. The maximum Gasteiger partial charge on any atom is 0.255 e. The zero-order chi connectivity index (χ0) is 26.4. The second-order valence-corrected chi connectivity index (χ2v) is 11.5. The van der Waals surface area contributed by atoms with Gasteiger partial charge < -0.3 is 10.6 Å². The predicted molar refractivity (Wildman–Crippen MR) is 147 cm³/mol. The number of para-hydroxylation sites is 1. The molecule has 0 heterocycles. The predicted octanol–water partition coefficient (Wildman–Crippen LogP) is 5.28. The van der Waals surface area contributed by atoms with Crippen LogP contribution in [0.1, 0.15) is 63.9 Å². The molecule has 3 aromatic carbocycles. The second kappa shape index (κ2) is 11.6. The number of carbonyl (C=O) groups is 2. The molecule has 0 aromatic heterocycles. The molecule has 0 unspecified atom stereocenters. The molecule has 2 N–H and O–H groups in total. The summed E-state index contributed by atoms with van der Waals surface area (Å²) in [5, 5.41) is 5.95. The molecule has 37 heavy (non-hydrogen) atoms. The Morgan fingerprint density at radius 3 is 2.27 bits per heavy atom. The average molecular weight is 520 g/mol. The zero-order valence-corrected chi connectivity index (χ0v) is 22.1. The quantitative estimate of drug-likeness (QED) is 0.424. The number of anilines is 2. The van der Waals surface area contributed by atoms with E-state index in [2.05, 4.69) is 10.6 Å². The van der Waals surface area contributed by atoms with E-state index in [1.807, 2.05) is 25.1 Å². The maximum absolute atomic E-state index is 13.0. The van der Waals surface area contributed by atoms with Gasteiger partial charge in [-0.25, -0.2) is 8.42 Å². The number of hydrogen-bond acceptors (Lipinski definition) is 4. The van der Waals surface area contributed by atoms with E-state index in [0.717, 1.165) is 36.8 Å². The van der Waals surface area contributed by atoms with Gasteiger partial charge >= 0.3 is 0 Å². The van der Waals surface area contributed by atoms with Gasteiger partial charge in [0.1, 0.15) is 0 Å². The van der Waals surface area contributed by atoms with Crippen LogP contribution in [-0.2, 0) is 16.6 Å². The summed E-state index contributed by atoms with van der Waals surface area (Å²) in [6.45, 7) is 2.06. The van der Waals surface area contributed by atoms with Gasteiger partial charge in [-0.05, 0) is 67.3 Å². The van der Waals surface area contributed by atoms with E-state index < -0.39 is 10.0 Å². The summed E-state index contributed by atoms with van der Waals surface area (Å²) in [5.74, 6) is -0.529. The molecule has 0 radical (unpaired) electrons. The van der Waals surface area contributed by atoms with Crippen LogP contribution in [0.15, 0.2) is 72.8 Å². The molecule has 3 aromatic rings. The summed E-state index contributed by atoms with van der Waals surface area (Å²) in [4.78, 5) is 25.9. The van der Waals surface area contributed by atoms with Gasteiger partial charge in [-0.15, -0.1) is 0 Å². The third-order valence-electron chi connectivity index (χ3n) is 6.59. The Hall–Kier alpha value is -3.65. The number of rotatable bonds is 8. The lowest BCUT2D eigenvalue weighted by Gasteiger charge is -2.23. The standard InChI is InChI=1S/C29H33N3O4S/c1-21-9-8-12-25(19-21)32(37(2,35)36)20-22-15-17-23(18-16-22)28(33)31-27-14-7-6-13-26(27)29(34)30-24-10-4-3-5-11-24/h6-9,12-19,24H,3-5,10-11,20H2,1-2H3,(H,30,34)(H,31,33). The molecule has 2 amide bonds. The lowest BCUT2D eigenvalue weighted by molar-refractivity contribution is 0.0928. The normalized spacial score (nSPS) is 14.1. The van der Waals surface area contributed by atoms with Crippen molar-refractivity contribution in [1.82, 2.24) is 5.32 Å². The molecule has 0 atom stereocenters. The van der Waals surface area contributed by atoms with Crippen molar-refractivity contribution in [2.45, 2.75) is 51.6 Å². The number of benzene rings is 3. The maximum atomic E-state index is 13.0. The monoisotopic (exact) mass is 519 g/mol. The van der Waals surface area contributed by atoms with Crippen LogP contribution in [0.25, 0.3) is 0 Å². The Balaban J connectivity index is 1.46. The molecule has 0 saturated heterocycles. The first-order valence-corrected chi connectivity index (χ1v) is 14.4. The summed E-state index contributed by atoms with van der Waals surface area (Å²) < 4.78 is 26.3. The minimum atomic E-state index is -3.51. The SMILES string of the molecule is Cc1cccc(N(Cc2ccc(C(=O)Nc3ccccc3C(=O)NC3CCCCC3)cc2)S(C)(=O)=O)c1. The van der Waals surface area contributed by atoms with Crippen molar-refractivity contribution in [2.24, 2.45) is 0 Å². The summed E-state index contributed by atoms with van der Waals surface area (Å²) >= 11 is 0. The number of sulfonamides is 1. The summed E-state index contributed by atoms with van der Waals surface area (Å²) in [6, 6.07) is 21.3. The van der Waals surface area contributed by atoms with E-state index in [9.17, 15) is 18.0 Å². The number of nitrogens with one attached hydrogen (secondary N) is 2. The fourth-order valence-corrected chi connectivity index (χ4v) is 5.49. The van der Waals surface area contributed by atoms with Crippen LogP contribution < -0.4 is 14.9 Å². The molecule has 1 aliphatic carbocycles. The Labute approximate surface area is 218 Å². The first-order chi connectivity index (χ1) is 17.7. The second-order valence-electron chi connectivity index (χ2n) is 9.61. The van der Waals surface area contributed by atoms with Crippen LogP contribution in [-0.4, -0.2) is 32.5 Å². The minimum Gasteiger partial charge on any atom is -0.349 e. The van der Waals surface area contributed by atoms with Gasteiger partial charge in [0.25, 0.3) is 11.8 Å². The first-order valence-electron chi connectivity index (χ1n) is 12.6. The molecule has 0 bridgehead atoms. The van der Waals surface area contributed by atoms with Crippen LogP contribution in [0, 0.1) is 6.92 Å². The number of carbonyl (C=O) groups excluding carboxylic acids is 2. The van der Waals surface area contributed by atoms with E-state index in [1.165, 1.54) is 17.0 Å². The highest BCUT2D eigenvalue weighted by molar-refractivity contribution is 7.92. The van der Waals surface area contributed by atoms with Crippen molar-refractivity contribution < 1.29 is 18.0 Å². The molecule has 0 aliphatic heterocycles. The van der Waals surface area contributed by atoms with Crippen LogP contribution in [0.2, 0.25) is 0 Å². The Kier molecular flexibility index (Phi) is 8.28. The van der Waals surface area contributed by atoms with Crippen molar-refractivity contribution in [3.8, 4) is 0 Å². The molecule has 0 spiro atoms. The third-order valence-corrected chi connectivity index (χ3v) is 7.73. The van der Waals surface area contributed by atoms with Crippen LogP contribution >= 0.6 is 0 Å². The lowest BCUT2D eigenvalue weighted by Crippen LogP contribution is -2.36. The van der Waals surface area contributed by atoms with E-state index in [4.69, 9.17) is 0 Å². The van der Waals surface area contributed by atoms with Gasteiger partial charge in [-0.1, -0.05) is 55.7 Å². The van der Waals surface area contributed by atoms with Gasteiger partial charge in [0.05, 0.1) is 29.7 Å². The number of nitrogens with zero attached hydrogens (tertiary/aromatic N) is 1. The fraction of sp³-hybridized carbons (Fsp3) is 0.310. The third kappa shape index (κ3) is 6.98. The summed E-state index contributed by atoms with van der Waals surface area (Å²) in [7, 11) is -3.51. The first kappa shape index (κ1) is 26.4. The topological polar surface area (TPSA) is 95.6 Å². The number of hydrogen-bond donors (Lipinski definition) is 2. The molecule has 8 heteroatoms. The molecule has 7 nitrogen and oxygen atoms in total. The molecular formula is C29H33N3O4S. The van der Waals surface area contributed by atoms with Gasteiger partial charge in [0.15, 0.2) is 0 Å². The Bertz CT molecular complexity index is 1360. The number of amides is 2. The lowest BCUT2D eigenvalue weighted by atomic mass is 9.95. The molecule has 1 fully saturated rings. The van der Waals surface area contributed by atoms with Crippen molar-refractivity contribution in [3.05, 3.63) is 95.1 Å².